The molecule has 0 atom stereocenters. The van der Waals surface area contributed by atoms with Crippen LogP contribution in [0.5, 0.6) is 5.75 Å². The number of hydrogen-bond acceptors (Lipinski definition) is 2. The van der Waals surface area contributed by atoms with Crippen molar-refractivity contribution < 1.29 is 4.74 Å². The largest absolute Gasteiger partial charge is 0.488 e. The van der Waals surface area contributed by atoms with E-state index in [1.165, 1.54) is 0 Å². The molecular weight excluding hydrogens is 222 g/mol. The topological polar surface area (TPSA) is 21.3 Å². The first-order valence-corrected chi connectivity index (χ1v) is 5.95. The van der Waals surface area contributed by atoms with Crippen LogP contribution in [0.15, 0.2) is 55.1 Å². The number of ether oxygens (including phenoxy) is 1. The van der Waals surface area contributed by atoms with E-state index in [9.17, 15) is 0 Å². The number of hydrogen-bond donors (Lipinski definition) is 1. The zero-order valence-corrected chi connectivity index (χ0v) is 10.5. The molecule has 2 rings (SSSR count). The number of nitrogens with one attached hydrogen (secondary N) is 1. The van der Waals surface area contributed by atoms with Gasteiger partial charge in [0.1, 0.15) is 12.4 Å². The van der Waals surface area contributed by atoms with Gasteiger partial charge < -0.3 is 10.1 Å². The minimum absolute atomic E-state index is 0.564. The van der Waals surface area contributed by atoms with Gasteiger partial charge in [0.2, 0.25) is 0 Å². The fourth-order valence-electron chi connectivity index (χ4n) is 1.83. The molecule has 0 aliphatic carbocycles. The summed E-state index contributed by atoms with van der Waals surface area (Å²) in [5.74, 6) is 0.848. The van der Waals surface area contributed by atoms with E-state index in [1.807, 2.05) is 49.5 Å². The number of rotatable bonds is 5. The zero-order valence-electron chi connectivity index (χ0n) is 10.5. The molecule has 0 aromatic heterocycles. The molecule has 0 unspecified atom stereocenters. The Bertz CT molecular complexity index is 520. The molecule has 2 aromatic carbocycles. The maximum Gasteiger partial charge on any atom is 0.129 e. The van der Waals surface area contributed by atoms with Crippen molar-refractivity contribution in [2.75, 3.05) is 12.4 Å². The van der Waals surface area contributed by atoms with Crippen molar-refractivity contribution in [3.05, 3.63) is 66.2 Å². The molecule has 0 saturated heterocycles. The third-order valence-electron chi connectivity index (χ3n) is 2.78. The van der Waals surface area contributed by atoms with Gasteiger partial charge in [0.15, 0.2) is 0 Å². The highest BCUT2D eigenvalue weighted by molar-refractivity contribution is 5.71. The molecule has 0 aliphatic rings. The van der Waals surface area contributed by atoms with Crippen molar-refractivity contribution in [1.29, 1.82) is 0 Å². The van der Waals surface area contributed by atoms with Crippen molar-refractivity contribution in [2.24, 2.45) is 0 Å². The number of benzene rings is 2. The second kappa shape index (κ2) is 5.92. The van der Waals surface area contributed by atoms with Gasteiger partial charge in [-0.2, -0.15) is 0 Å². The Morgan fingerprint density at radius 3 is 2.56 bits per heavy atom. The van der Waals surface area contributed by atoms with E-state index in [0.29, 0.717) is 6.61 Å². The van der Waals surface area contributed by atoms with Crippen LogP contribution in [0.25, 0.3) is 6.08 Å². The molecule has 0 aliphatic heterocycles. The molecule has 0 radical (unpaired) electrons. The summed E-state index contributed by atoms with van der Waals surface area (Å²) >= 11 is 0. The first kappa shape index (κ1) is 12.2. The van der Waals surface area contributed by atoms with Crippen molar-refractivity contribution in [3.63, 3.8) is 0 Å². The van der Waals surface area contributed by atoms with Gasteiger partial charge in [-0.25, -0.2) is 0 Å². The standard InChI is InChI=1S/C16H17NO/c1-3-14-15(17-2)10-7-11-16(14)18-12-13-8-5-4-6-9-13/h3-11,17H,1,12H2,2H3. The molecule has 0 heterocycles. The maximum absolute atomic E-state index is 5.85. The van der Waals surface area contributed by atoms with Crippen molar-refractivity contribution in [1.82, 2.24) is 0 Å². The van der Waals surface area contributed by atoms with E-state index in [0.717, 1.165) is 22.6 Å². The Kier molecular flexibility index (Phi) is 4.02. The molecule has 0 bridgehead atoms. The third kappa shape index (κ3) is 2.72. The molecule has 2 nitrogen and oxygen atoms in total. The van der Waals surface area contributed by atoms with Gasteiger partial charge in [0.25, 0.3) is 0 Å². The van der Waals surface area contributed by atoms with Gasteiger partial charge in [-0.3, -0.25) is 0 Å². The van der Waals surface area contributed by atoms with Crippen molar-refractivity contribution >= 4 is 11.8 Å². The van der Waals surface area contributed by atoms with Crippen LogP contribution in [-0.2, 0) is 6.61 Å². The summed E-state index contributed by atoms with van der Waals surface area (Å²) in [5, 5.41) is 3.13. The molecule has 0 saturated carbocycles. The van der Waals surface area contributed by atoms with E-state index in [4.69, 9.17) is 4.74 Å². The minimum Gasteiger partial charge on any atom is -0.488 e. The predicted octanol–water partition coefficient (Wildman–Crippen LogP) is 3.95. The lowest BCUT2D eigenvalue weighted by atomic mass is 10.1. The maximum atomic E-state index is 5.85. The average Bonchev–Trinajstić information content (AvgIpc) is 2.45. The second-order valence-corrected chi connectivity index (χ2v) is 3.95. The van der Waals surface area contributed by atoms with Crippen LogP contribution in [0.2, 0.25) is 0 Å². The van der Waals surface area contributed by atoms with E-state index >= 15 is 0 Å². The van der Waals surface area contributed by atoms with Gasteiger partial charge in [-0.15, -0.1) is 0 Å². The van der Waals surface area contributed by atoms with Crippen LogP contribution in [-0.4, -0.2) is 7.05 Å². The molecule has 0 fully saturated rings. The molecule has 2 aromatic rings. The zero-order chi connectivity index (χ0) is 12.8. The molecule has 0 spiro atoms. The summed E-state index contributed by atoms with van der Waals surface area (Å²) in [7, 11) is 1.89. The Morgan fingerprint density at radius 1 is 1.11 bits per heavy atom. The summed E-state index contributed by atoms with van der Waals surface area (Å²) in [6.45, 7) is 4.40. The minimum atomic E-state index is 0.564. The van der Waals surface area contributed by atoms with E-state index in [-0.39, 0.29) is 0 Å². The summed E-state index contributed by atoms with van der Waals surface area (Å²) in [6.07, 6.45) is 1.81. The van der Waals surface area contributed by atoms with Crippen LogP contribution in [0.3, 0.4) is 0 Å². The fourth-order valence-corrected chi connectivity index (χ4v) is 1.83. The lowest BCUT2D eigenvalue weighted by Crippen LogP contribution is -1.99. The smallest absolute Gasteiger partial charge is 0.129 e. The summed E-state index contributed by atoms with van der Waals surface area (Å²) < 4.78 is 5.85. The summed E-state index contributed by atoms with van der Waals surface area (Å²) in [6, 6.07) is 16.1. The summed E-state index contributed by atoms with van der Waals surface area (Å²) in [5.41, 5.74) is 3.17. The fraction of sp³-hybridized carbons (Fsp3) is 0.125. The van der Waals surface area contributed by atoms with Gasteiger partial charge in [0, 0.05) is 18.3 Å². The quantitative estimate of drug-likeness (QED) is 0.853. The highest BCUT2D eigenvalue weighted by Gasteiger charge is 2.05. The molecular formula is C16H17NO. The van der Waals surface area contributed by atoms with E-state index in [2.05, 4.69) is 24.0 Å². The Labute approximate surface area is 108 Å². The Morgan fingerprint density at radius 2 is 1.89 bits per heavy atom. The van der Waals surface area contributed by atoms with E-state index in [1.54, 1.807) is 0 Å². The third-order valence-corrected chi connectivity index (χ3v) is 2.78. The van der Waals surface area contributed by atoms with Crippen LogP contribution in [0.1, 0.15) is 11.1 Å². The molecule has 18 heavy (non-hydrogen) atoms. The molecule has 2 heteroatoms. The molecule has 0 amide bonds. The van der Waals surface area contributed by atoms with Crippen LogP contribution < -0.4 is 10.1 Å². The van der Waals surface area contributed by atoms with Gasteiger partial charge in [0.05, 0.1) is 0 Å². The lowest BCUT2D eigenvalue weighted by molar-refractivity contribution is 0.306. The van der Waals surface area contributed by atoms with Crippen LogP contribution >= 0.6 is 0 Å². The number of anilines is 1. The normalized spacial score (nSPS) is 9.83. The average molecular weight is 239 g/mol. The van der Waals surface area contributed by atoms with E-state index < -0.39 is 0 Å². The van der Waals surface area contributed by atoms with Crippen LogP contribution in [0.4, 0.5) is 5.69 Å². The van der Waals surface area contributed by atoms with Gasteiger partial charge in [-0.05, 0) is 17.7 Å². The molecule has 92 valence electrons. The van der Waals surface area contributed by atoms with Crippen LogP contribution in [0, 0.1) is 0 Å². The second-order valence-electron chi connectivity index (χ2n) is 3.95. The molecule has 1 N–H and O–H groups in total. The lowest BCUT2D eigenvalue weighted by Gasteiger charge is -2.12. The first-order valence-electron chi connectivity index (χ1n) is 5.95. The monoisotopic (exact) mass is 239 g/mol. The van der Waals surface area contributed by atoms with Crippen molar-refractivity contribution in [2.45, 2.75) is 6.61 Å². The SMILES string of the molecule is C=Cc1c(NC)cccc1OCc1ccccc1. The van der Waals surface area contributed by atoms with Gasteiger partial charge in [-0.1, -0.05) is 49.1 Å². The van der Waals surface area contributed by atoms with Crippen molar-refractivity contribution in [3.8, 4) is 5.75 Å². The predicted molar refractivity (Wildman–Crippen MR) is 76.9 cm³/mol. The highest BCUT2D eigenvalue weighted by Crippen LogP contribution is 2.27. The Hall–Kier alpha value is -2.22. The highest BCUT2D eigenvalue weighted by atomic mass is 16.5. The first-order chi connectivity index (χ1) is 8.85. The Balaban J connectivity index is 2.17. The summed E-state index contributed by atoms with van der Waals surface area (Å²) in [4.78, 5) is 0. The van der Waals surface area contributed by atoms with Gasteiger partial charge >= 0.3 is 0 Å².